The fourth-order valence-corrected chi connectivity index (χ4v) is 3.66. The first-order valence-corrected chi connectivity index (χ1v) is 9.13. The van der Waals surface area contributed by atoms with Crippen LogP contribution >= 0.6 is 34.7 Å². The van der Waals surface area contributed by atoms with Crippen LogP contribution in [0, 0.1) is 13.8 Å². The van der Waals surface area contributed by atoms with Crippen LogP contribution in [0.2, 0.25) is 10.0 Å². The number of halogens is 2. The number of hydrogen-bond donors (Lipinski definition) is 0. The van der Waals surface area contributed by atoms with Crippen LogP contribution < -0.4 is 4.74 Å². The van der Waals surface area contributed by atoms with Gasteiger partial charge in [-0.2, -0.15) is 4.37 Å². The molecule has 0 spiro atoms. The van der Waals surface area contributed by atoms with Crippen LogP contribution in [0.15, 0.2) is 29.3 Å². The largest absolute Gasteiger partial charge is 0.444 e. The Kier molecular flexibility index (Phi) is 5.18. The van der Waals surface area contributed by atoms with E-state index in [2.05, 4.69) is 9.37 Å². The van der Waals surface area contributed by atoms with Gasteiger partial charge in [0.2, 0.25) is 5.06 Å². The van der Waals surface area contributed by atoms with E-state index < -0.39 is 0 Å². The molecule has 0 fully saturated rings. The highest BCUT2D eigenvalue weighted by atomic mass is 35.5. The van der Waals surface area contributed by atoms with Crippen LogP contribution in [0.3, 0.4) is 0 Å². The molecule has 3 aromatic rings. The van der Waals surface area contributed by atoms with E-state index in [1.165, 1.54) is 11.5 Å². The molecular weight excluding hydrogens is 377 g/mol. The first-order chi connectivity index (χ1) is 11.9. The molecule has 2 aromatic carbocycles. The third-order valence-corrected chi connectivity index (χ3v) is 4.97. The second-order valence-electron chi connectivity index (χ2n) is 5.94. The van der Waals surface area contributed by atoms with Crippen molar-refractivity contribution in [3.05, 3.63) is 45.4 Å². The Morgan fingerprint density at radius 3 is 2.56 bits per heavy atom. The van der Waals surface area contributed by atoms with Crippen LogP contribution in [-0.4, -0.2) is 29.7 Å². The lowest BCUT2D eigenvalue weighted by molar-refractivity contribution is 0.497. The highest BCUT2D eigenvalue weighted by Crippen LogP contribution is 2.42. The normalized spacial score (nSPS) is 11.4. The summed E-state index contributed by atoms with van der Waals surface area (Å²) in [6.07, 6.45) is 1.78. The molecule has 0 aliphatic heterocycles. The van der Waals surface area contributed by atoms with Crippen molar-refractivity contribution < 1.29 is 4.74 Å². The average molecular weight is 394 g/mol. The van der Waals surface area contributed by atoms with Gasteiger partial charge in [-0.1, -0.05) is 23.2 Å². The van der Waals surface area contributed by atoms with Crippen molar-refractivity contribution in [1.82, 2.24) is 9.27 Å². The summed E-state index contributed by atoms with van der Waals surface area (Å²) in [7, 11) is 3.87. The number of fused-ring (bicyclic) bond motifs is 1. The Balaban J connectivity index is 1.99. The van der Waals surface area contributed by atoms with E-state index in [0.717, 1.165) is 28.0 Å². The molecule has 0 saturated carbocycles. The first kappa shape index (κ1) is 18.0. The lowest BCUT2D eigenvalue weighted by Gasteiger charge is -2.11. The molecule has 3 rings (SSSR count). The van der Waals surface area contributed by atoms with Gasteiger partial charge in [-0.3, -0.25) is 0 Å². The predicted octanol–water partition coefficient (Wildman–Crippen LogP) is 6.23. The minimum atomic E-state index is 0.562. The van der Waals surface area contributed by atoms with Gasteiger partial charge in [0.05, 0.1) is 27.5 Å². The molecule has 0 radical (unpaired) electrons. The molecule has 0 amide bonds. The van der Waals surface area contributed by atoms with Gasteiger partial charge in [0.25, 0.3) is 0 Å². The summed E-state index contributed by atoms with van der Waals surface area (Å²) in [5.41, 5.74) is 3.58. The van der Waals surface area contributed by atoms with Gasteiger partial charge in [0.15, 0.2) is 0 Å². The Labute approximate surface area is 160 Å². The lowest BCUT2D eigenvalue weighted by atomic mass is 10.1. The number of aromatic nitrogens is 1. The summed E-state index contributed by atoms with van der Waals surface area (Å²) in [6, 6.07) is 7.47. The number of hydrogen-bond acceptors (Lipinski definition) is 4. The Morgan fingerprint density at radius 1 is 1.12 bits per heavy atom. The van der Waals surface area contributed by atoms with Crippen molar-refractivity contribution in [2.45, 2.75) is 13.8 Å². The van der Waals surface area contributed by atoms with Crippen molar-refractivity contribution >= 4 is 57.7 Å². The van der Waals surface area contributed by atoms with Gasteiger partial charge < -0.3 is 9.64 Å². The topological polar surface area (TPSA) is 37.7 Å². The van der Waals surface area contributed by atoms with Crippen LogP contribution in [0.4, 0.5) is 5.69 Å². The highest BCUT2D eigenvalue weighted by molar-refractivity contribution is 7.09. The molecule has 0 bridgehead atoms. The third kappa shape index (κ3) is 3.73. The van der Waals surface area contributed by atoms with Crippen molar-refractivity contribution in [1.29, 1.82) is 0 Å². The quantitative estimate of drug-likeness (QED) is 0.389. The van der Waals surface area contributed by atoms with Crippen LogP contribution in [0.25, 0.3) is 10.9 Å². The second-order valence-corrected chi connectivity index (χ2v) is 7.49. The molecule has 0 atom stereocenters. The Bertz CT molecular complexity index is 967. The number of rotatable bonds is 4. The fraction of sp³-hybridized carbons (Fsp3) is 0.222. The van der Waals surface area contributed by atoms with E-state index in [1.54, 1.807) is 18.5 Å². The number of benzene rings is 2. The molecule has 0 aliphatic carbocycles. The lowest BCUT2D eigenvalue weighted by Crippen LogP contribution is -2.07. The van der Waals surface area contributed by atoms with E-state index in [9.17, 15) is 0 Å². The van der Waals surface area contributed by atoms with Crippen LogP contribution in [0.5, 0.6) is 10.8 Å². The summed E-state index contributed by atoms with van der Waals surface area (Å²) in [4.78, 5) is 6.37. The maximum atomic E-state index is 6.31. The van der Waals surface area contributed by atoms with E-state index in [1.807, 2.05) is 45.0 Å². The predicted molar refractivity (Wildman–Crippen MR) is 107 cm³/mol. The number of ether oxygens (including phenoxy) is 1. The van der Waals surface area contributed by atoms with E-state index in [-0.39, 0.29) is 0 Å². The maximum absolute atomic E-state index is 6.31. The standard InChI is InChI=1S/C18H17Cl2N3OS/c1-10-8-15(11(2)7-14(10)21-9-23(3)4)24-18-16-12(19)5-6-13(20)17(16)22-25-18/h5-9H,1-4H3/b21-9-. The number of aryl methyl sites for hydroxylation is 2. The molecule has 4 nitrogen and oxygen atoms in total. The minimum Gasteiger partial charge on any atom is -0.444 e. The van der Waals surface area contributed by atoms with E-state index in [4.69, 9.17) is 27.9 Å². The second kappa shape index (κ2) is 7.20. The first-order valence-electron chi connectivity index (χ1n) is 7.60. The molecule has 0 saturated heterocycles. The molecule has 7 heteroatoms. The fourth-order valence-electron chi connectivity index (χ4n) is 2.33. The van der Waals surface area contributed by atoms with Gasteiger partial charge in [-0.25, -0.2) is 4.99 Å². The minimum absolute atomic E-state index is 0.562. The molecule has 1 heterocycles. The summed E-state index contributed by atoms with van der Waals surface area (Å²) < 4.78 is 10.5. The molecular formula is C18H17Cl2N3OS. The molecule has 0 aliphatic rings. The summed E-state index contributed by atoms with van der Waals surface area (Å²) in [6.45, 7) is 3.99. The average Bonchev–Trinajstić information content (AvgIpc) is 2.98. The van der Waals surface area contributed by atoms with Crippen molar-refractivity contribution in [2.24, 2.45) is 4.99 Å². The van der Waals surface area contributed by atoms with Crippen LogP contribution in [0.1, 0.15) is 11.1 Å². The van der Waals surface area contributed by atoms with Crippen molar-refractivity contribution in [2.75, 3.05) is 14.1 Å². The third-order valence-electron chi connectivity index (χ3n) is 3.63. The summed E-state index contributed by atoms with van der Waals surface area (Å²) in [5, 5.41) is 2.51. The molecule has 0 unspecified atom stereocenters. The molecule has 0 N–H and O–H groups in total. The van der Waals surface area contributed by atoms with E-state index >= 15 is 0 Å². The number of nitrogens with zero attached hydrogens (tertiary/aromatic N) is 3. The van der Waals surface area contributed by atoms with Gasteiger partial charge in [0.1, 0.15) is 11.3 Å². The van der Waals surface area contributed by atoms with Crippen LogP contribution in [-0.2, 0) is 0 Å². The summed E-state index contributed by atoms with van der Waals surface area (Å²) >= 11 is 13.7. The van der Waals surface area contributed by atoms with Crippen molar-refractivity contribution in [3.8, 4) is 10.8 Å². The highest BCUT2D eigenvalue weighted by Gasteiger charge is 2.16. The molecule has 1 aromatic heterocycles. The summed E-state index contributed by atoms with van der Waals surface area (Å²) in [5.74, 6) is 0.753. The Morgan fingerprint density at radius 2 is 1.84 bits per heavy atom. The zero-order valence-electron chi connectivity index (χ0n) is 14.3. The maximum Gasteiger partial charge on any atom is 0.209 e. The SMILES string of the molecule is Cc1cc(Oc2snc3c(Cl)ccc(Cl)c23)c(C)cc1/N=C\N(C)C. The molecule has 130 valence electrons. The number of aliphatic imine (C=N–C) groups is 1. The zero-order valence-corrected chi connectivity index (χ0v) is 16.6. The smallest absolute Gasteiger partial charge is 0.209 e. The monoisotopic (exact) mass is 393 g/mol. The van der Waals surface area contributed by atoms with Gasteiger partial charge in [0, 0.05) is 25.6 Å². The van der Waals surface area contributed by atoms with Crippen molar-refractivity contribution in [3.63, 3.8) is 0 Å². The van der Waals surface area contributed by atoms with Gasteiger partial charge in [-0.15, -0.1) is 0 Å². The van der Waals surface area contributed by atoms with Gasteiger partial charge in [-0.05, 0) is 49.2 Å². The molecule has 25 heavy (non-hydrogen) atoms. The zero-order chi connectivity index (χ0) is 18.1. The Hall–Kier alpha value is -1.82. The van der Waals surface area contributed by atoms with E-state index in [0.29, 0.717) is 20.6 Å². The van der Waals surface area contributed by atoms with Gasteiger partial charge >= 0.3 is 0 Å².